The fourth-order valence-electron chi connectivity index (χ4n) is 17.2. The average Bonchev–Trinajstić information content (AvgIpc) is 3.71. The number of carbonyl (C=O) groups is 2. The van der Waals surface area contributed by atoms with Crippen molar-refractivity contribution in [1.82, 2.24) is 10.3 Å². The summed E-state index contributed by atoms with van der Waals surface area (Å²) in [4.78, 5) is 30.8. The molecule has 0 amide bonds. The van der Waals surface area contributed by atoms with Gasteiger partial charge in [0.25, 0.3) is 0 Å². The molecule has 0 aliphatic heterocycles. The molecule has 1 heterocycles. The summed E-state index contributed by atoms with van der Waals surface area (Å²) in [5.74, 6) is 1.96. The summed E-state index contributed by atoms with van der Waals surface area (Å²) in [7, 11) is -3.09. The van der Waals surface area contributed by atoms with Crippen molar-refractivity contribution in [2.45, 2.75) is 200 Å². The van der Waals surface area contributed by atoms with E-state index in [-0.39, 0.29) is 57.3 Å². The largest absolute Gasteiger partial charge is 0.475 e. The maximum absolute atomic E-state index is 14.1. The minimum Gasteiger partial charge on any atom is -0.475 e. The van der Waals surface area contributed by atoms with Crippen LogP contribution in [0.15, 0.2) is 53.8 Å². The Morgan fingerprint density at radius 3 is 2.35 bits per heavy atom. The zero-order chi connectivity index (χ0) is 51.3. The third-order valence-corrected chi connectivity index (χ3v) is 23.0. The number of nitriles is 1. The molecule has 7 aliphatic rings. The molecule has 71 heavy (non-hydrogen) atoms. The highest BCUT2D eigenvalue weighted by atomic mass is 32.2. The van der Waals surface area contributed by atoms with Crippen LogP contribution in [-0.4, -0.2) is 73.0 Å². The second-order valence-corrected chi connectivity index (χ2v) is 27.6. The van der Waals surface area contributed by atoms with Gasteiger partial charge in [0.1, 0.15) is 33.5 Å². The van der Waals surface area contributed by atoms with Gasteiger partial charge in [-0.3, -0.25) is 9.59 Å². The summed E-state index contributed by atoms with van der Waals surface area (Å²) < 4.78 is 41.8. The lowest BCUT2D eigenvalue weighted by molar-refractivity contribution is -0.221. The van der Waals surface area contributed by atoms with Crippen molar-refractivity contribution in [3.63, 3.8) is 0 Å². The molecule has 392 valence electrons. The molecule has 0 spiro atoms. The van der Waals surface area contributed by atoms with Gasteiger partial charge in [-0.2, -0.15) is 5.26 Å². The topological polar surface area (TPSA) is 165 Å². The van der Waals surface area contributed by atoms with E-state index in [2.05, 4.69) is 83.6 Å². The Kier molecular flexibility index (Phi) is 15.4. The fourth-order valence-corrected chi connectivity index (χ4v) is 18.3. The maximum Gasteiger partial charge on any atom is 0.318 e. The quantitative estimate of drug-likeness (QED) is 0.0660. The molecule has 5 saturated carbocycles. The first-order valence-corrected chi connectivity index (χ1v) is 29.5. The molecule has 0 radical (unpaired) electrons. The normalized spacial score (nSPS) is 38.4. The van der Waals surface area contributed by atoms with Crippen molar-refractivity contribution in [3.8, 4) is 11.9 Å². The number of carbonyl (C=O) groups excluding carboxylic acids is 2. The molecule has 7 aliphatic carbocycles. The van der Waals surface area contributed by atoms with Crippen molar-refractivity contribution in [2.75, 3.05) is 26.2 Å². The number of pyridine rings is 1. The summed E-state index contributed by atoms with van der Waals surface area (Å²) in [5, 5.41) is 25.3. The lowest BCUT2D eigenvalue weighted by Crippen LogP contribution is -2.68. The van der Waals surface area contributed by atoms with Crippen LogP contribution >= 0.6 is 0 Å². The highest BCUT2D eigenvalue weighted by Crippen LogP contribution is 2.76. The van der Waals surface area contributed by atoms with E-state index in [1.807, 2.05) is 0 Å². The van der Waals surface area contributed by atoms with Gasteiger partial charge >= 0.3 is 11.9 Å². The first-order valence-electron chi connectivity index (χ1n) is 27.5. The van der Waals surface area contributed by atoms with Crippen LogP contribution in [0.1, 0.15) is 189 Å². The molecular weight excluding hydrogens is 911 g/mol. The molecule has 1 aromatic rings. The standard InChI is InChI=1S/C59H87N3O8S/c1-10-11-12-15-49(63)69-39-70-52(64)57(38-68-51-42(37-60)14-13-35-61-51)27-18-41(19-28-57)45-23-25-54(6)47(53(45,4)5)24-26-56(8)48(54)17-16-46-50-44(40(2)3)22-31-59(50,33-32-55(46,56)7)62-36-34-58(65)29-20-43(21-30-58)71(9,66)67/h13-14,18,23,35,43-44,46-48,50,62,65H,2,10-12,15-17,19-22,24-34,36,38-39H2,1,3-9H3/t43?,44-,46+,47-,48+,50+,54-,55+,56+,57+,58?,59-/m0/s1. The van der Waals surface area contributed by atoms with Crippen LogP contribution in [0.25, 0.3) is 0 Å². The van der Waals surface area contributed by atoms with Crippen molar-refractivity contribution < 1.29 is 37.3 Å². The molecule has 0 bridgehead atoms. The number of fused-ring (bicyclic) bond motifs is 7. The molecule has 1 aromatic heterocycles. The van der Waals surface area contributed by atoms with Gasteiger partial charge in [-0.05, 0) is 204 Å². The Hall–Kier alpha value is -3.53. The Balaban J connectivity index is 0.989. The summed E-state index contributed by atoms with van der Waals surface area (Å²) in [6.07, 6.45) is 25.6. The van der Waals surface area contributed by atoms with E-state index in [4.69, 9.17) is 14.2 Å². The molecule has 8 rings (SSSR count). The number of aromatic nitrogens is 1. The predicted molar refractivity (Wildman–Crippen MR) is 277 cm³/mol. The predicted octanol–water partition coefficient (Wildman–Crippen LogP) is 11.7. The van der Waals surface area contributed by atoms with Crippen LogP contribution in [0.2, 0.25) is 0 Å². The second-order valence-electron chi connectivity index (χ2n) is 25.3. The fraction of sp³-hybridized carbons (Fsp3) is 0.763. The van der Waals surface area contributed by atoms with Gasteiger partial charge in [0.15, 0.2) is 0 Å². The van der Waals surface area contributed by atoms with E-state index in [0.29, 0.717) is 86.5 Å². The maximum atomic E-state index is 14.1. The number of aliphatic hydroxyl groups is 1. The van der Waals surface area contributed by atoms with Crippen LogP contribution in [0.5, 0.6) is 5.88 Å². The third-order valence-electron chi connectivity index (χ3n) is 21.3. The first-order chi connectivity index (χ1) is 33.5. The Labute approximate surface area is 426 Å². The van der Waals surface area contributed by atoms with Gasteiger partial charge in [0.2, 0.25) is 12.7 Å². The summed E-state index contributed by atoms with van der Waals surface area (Å²) in [6.45, 7) is 22.2. The smallest absolute Gasteiger partial charge is 0.318 e. The Morgan fingerprint density at radius 1 is 0.915 bits per heavy atom. The molecule has 0 saturated heterocycles. The summed E-state index contributed by atoms with van der Waals surface area (Å²) >= 11 is 0. The minimum absolute atomic E-state index is 0.0151. The number of hydrogen-bond donors (Lipinski definition) is 2. The van der Waals surface area contributed by atoms with Crippen LogP contribution < -0.4 is 10.1 Å². The number of sulfone groups is 1. The molecule has 5 fully saturated rings. The van der Waals surface area contributed by atoms with Crippen LogP contribution in [-0.2, 0) is 28.9 Å². The van der Waals surface area contributed by atoms with Crippen molar-refractivity contribution in [3.05, 3.63) is 59.3 Å². The van der Waals surface area contributed by atoms with Crippen LogP contribution in [0, 0.1) is 68.0 Å². The summed E-state index contributed by atoms with van der Waals surface area (Å²) in [5.41, 5.74) is 2.86. The Bertz CT molecular complexity index is 2400. The number of esters is 2. The van der Waals surface area contributed by atoms with Crippen LogP contribution in [0.3, 0.4) is 0 Å². The SMILES string of the molecule is C=C(C)[C@@H]1CC[C@]2(NCCC3(O)CCC(S(C)(=O)=O)CC3)CC[C@]3(C)[C@H](CC[C@@H]4[C@@]5(C)CC=C(C6=CC[C@@](COc7ncccc7C#N)(C(=O)OCOC(=O)CCCCC)CC6)C(C)(C)[C@@H]5CC[C@]43C)[C@@H]12. The van der Waals surface area contributed by atoms with E-state index >= 15 is 0 Å². The van der Waals surface area contributed by atoms with E-state index in [1.54, 1.807) is 18.3 Å². The summed E-state index contributed by atoms with van der Waals surface area (Å²) in [6, 6.07) is 5.48. The van der Waals surface area contributed by atoms with Gasteiger partial charge in [0, 0.05) is 24.4 Å². The monoisotopic (exact) mass is 998 g/mol. The van der Waals surface area contributed by atoms with Crippen molar-refractivity contribution in [1.29, 1.82) is 5.26 Å². The first kappa shape index (κ1) is 53.8. The van der Waals surface area contributed by atoms with E-state index in [0.717, 1.165) is 51.5 Å². The molecule has 2 N–H and O–H groups in total. The average molecular weight is 998 g/mol. The molecular formula is C59H87N3O8S. The van der Waals surface area contributed by atoms with Gasteiger partial charge in [0.05, 0.1) is 10.9 Å². The highest BCUT2D eigenvalue weighted by molar-refractivity contribution is 7.91. The highest BCUT2D eigenvalue weighted by Gasteiger charge is 2.70. The van der Waals surface area contributed by atoms with E-state index < -0.39 is 33.6 Å². The number of rotatable bonds is 17. The zero-order valence-corrected chi connectivity index (χ0v) is 45.5. The molecule has 0 aromatic carbocycles. The number of unbranched alkanes of at least 4 members (excludes halogenated alkanes) is 2. The number of nitrogens with zero attached hydrogens (tertiary/aromatic N) is 2. The number of allylic oxidation sites excluding steroid dienone is 5. The van der Waals surface area contributed by atoms with Gasteiger partial charge in [-0.15, -0.1) is 0 Å². The molecule has 11 nitrogen and oxygen atoms in total. The van der Waals surface area contributed by atoms with Crippen molar-refractivity contribution in [2.24, 2.45) is 56.7 Å². The van der Waals surface area contributed by atoms with Gasteiger partial charge in [-0.25, -0.2) is 13.4 Å². The molecule has 0 unspecified atom stereocenters. The third kappa shape index (κ3) is 9.85. The van der Waals surface area contributed by atoms with Crippen molar-refractivity contribution >= 4 is 21.8 Å². The number of hydrogen-bond acceptors (Lipinski definition) is 11. The van der Waals surface area contributed by atoms with Crippen LogP contribution in [0.4, 0.5) is 0 Å². The van der Waals surface area contributed by atoms with Gasteiger partial charge in [-0.1, -0.05) is 78.7 Å². The number of nitrogens with one attached hydrogen (secondary N) is 1. The Morgan fingerprint density at radius 2 is 1.68 bits per heavy atom. The minimum atomic E-state index is -3.09. The van der Waals surface area contributed by atoms with Gasteiger partial charge < -0.3 is 24.6 Å². The van der Waals surface area contributed by atoms with E-state index in [1.165, 1.54) is 55.1 Å². The lowest BCUT2D eigenvalue weighted by Gasteiger charge is -2.72. The number of ether oxygens (including phenoxy) is 3. The molecule has 12 heteroatoms. The molecule has 10 atom stereocenters. The second kappa shape index (κ2) is 20.3. The zero-order valence-electron chi connectivity index (χ0n) is 44.6. The lowest BCUT2D eigenvalue weighted by atomic mass is 9.33. The van der Waals surface area contributed by atoms with E-state index in [9.17, 15) is 28.4 Å².